The van der Waals surface area contributed by atoms with E-state index in [-0.39, 0.29) is 5.82 Å². The Morgan fingerprint density at radius 3 is 2.53 bits per heavy atom. The minimum Gasteiger partial charge on any atom is -0.321 e. The molecule has 0 spiro atoms. The molecular weight excluding hydrogens is 261 g/mol. The molecule has 2 N–H and O–H groups in total. The van der Waals surface area contributed by atoms with Crippen molar-refractivity contribution < 1.29 is 4.39 Å². The molecule has 0 bridgehead atoms. The summed E-state index contributed by atoms with van der Waals surface area (Å²) in [7, 11) is 0. The van der Waals surface area contributed by atoms with Crippen LogP contribution in [-0.2, 0) is 12.0 Å². The second-order valence-corrected chi connectivity index (χ2v) is 5.58. The third-order valence-electron chi connectivity index (χ3n) is 3.33. The largest absolute Gasteiger partial charge is 0.321 e. The van der Waals surface area contributed by atoms with Crippen LogP contribution >= 0.6 is 11.6 Å². The number of hydrogen-bond acceptors (Lipinski definition) is 1. The molecule has 100 valence electrons. The summed E-state index contributed by atoms with van der Waals surface area (Å²) in [6.45, 7) is 3.93. The van der Waals surface area contributed by atoms with Crippen LogP contribution in [0.5, 0.6) is 0 Å². The van der Waals surface area contributed by atoms with E-state index >= 15 is 0 Å². The number of halogens is 2. The highest BCUT2D eigenvalue weighted by Gasteiger charge is 2.24. The minimum atomic E-state index is -0.611. The van der Waals surface area contributed by atoms with E-state index in [0.29, 0.717) is 17.0 Å². The zero-order valence-electron chi connectivity index (χ0n) is 11.1. The minimum absolute atomic E-state index is 0.308. The average Bonchev–Trinajstić information content (AvgIpc) is 2.33. The highest BCUT2D eigenvalue weighted by atomic mass is 35.5. The Morgan fingerprint density at radius 1 is 1.21 bits per heavy atom. The number of rotatable bonds is 3. The van der Waals surface area contributed by atoms with Crippen LogP contribution in [0, 0.1) is 12.7 Å². The van der Waals surface area contributed by atoms with Gasteiger partial charge in [0, 0.05) is 10.6 Å². The third kappa shape index (κ3) is 3.14. The van der Waals surface area contributed by atoms with Crippen molar-refractivity contribution in [3.8, 4) is 0 Å². The molecule has 1 nitrogen and oxygen atoms in total. The SMILES string of the molecule is Cc1ccccc1C(C)(N)Cc1ccc(Cl)cc1F. The lowest BCUT2D eigenvalue weighted by Crippen LogP contribution is -2.36. The maximum Gasteiger partial charge on any atom is 0.127 e. The summed E-state index contributed by atoms with van der Waals surface area (Å²) in [5.41, 5.74) is 8.49. The van der Waals surface area contributed by atoms with Crippen molar-refractivity contribution in [2.45, 2.75) is 25.8 Å². The smallest absolute Gasteiger partial charge is 0.127 e. The Kier molecular flexibility index (Phi) is 3.93. The van der Waals surface area contributed by atoms with Crippen LogP contribution in [0.15, 0.2) is 42.5 Å². The summed E-state index contributed by atoms with van der Waals surface area (Å²) in [4.78, 5) is 0. The molecule has 0 amide bonds. The van der Waals surface area contributed by atoms with Gasteiger partial charge in [-0.1, -0.05) is 41.9 Å². The van der Waals surface area contributed by atoms with Gasteiger partial charge in [0.25, 0.3) is 0 Å². The van der Waals surface area contributed by atoms with Crippen LogP contribution < -0.4 is 5.73 Å². The first-order valence-electron chi connectivity index (χ1n) is 6.19. The lowest BCUT2D eigenvalue weighted by Gasteiger charge is -2.27. The molecule has 0 aliphatic rings. The molecule has 1 unspecified atom stereocenters. The van der Waals surface area contributed by atoms with E-state index in [0.717, 1.165) is 11.1 Å². The van der Waals surface area contributed by atoms with Gasteiger partial charge in [-0.05, 0) is 49.1 Å². The Bertz CT molecular complexity index is 593. The van der Waals surface area contributed by atoms with E-state index in [1.165, 1.54) is 6.07 Å². The van der Waals surface area contributed by atoms with Crippen molar-refractivity contribution in [2.75, 3.05) is 0 Å². The molecule has 0 aliphatic carbocycles. The second kappa shape index (κ2) is 5.32. The van der Waals surface area contributed by atoms with Gasteiger partial charge in [0.2, 0.25) is 0 Å². The van der Waals surface area contributed by atoms with Gasteiger partial charge in [0.1, 0.15) is 5.82 Å². The van der Waals surface area contributed by atoms with Crippen LogP contribution in [0.2, 0.25) is 5.02 Å². The van der Waals surface area contributed by atoms with Gasteiger partial charge in [0.15, 0.2) is 0 Å². The molecule has 0 aliphatic heterocycles. The van der Waals surface area contributed by atoms with Crippen LogP contribution in [0.3, 0.4) is 0 Å². The standard InChI is InChI=1S/C16H17ClFN/c1-11-5-3-4-6-14(11)16(2,19)10-12-7-8-13(17)9-15(12)18/h3-9H,10,19H2,1-2H3. The number of hydrogen-bond donors (Lipinski definition) is 1. The summed E-state index contributed by atoms with van der Waals surface area (Å²) in [5.74, 6) is -0.308. The fourth-order valence-electron chi connectivity index (χ4n) is 2.37. The lowest BCUT2D eigenvalue weighted by atomic mass is 9.84. The molecule has 0 radical (unpaired) electrons. The van der Waals surface area contributed by atoms with Crippen molar-refractivity contribution >= 4 is 11.6 Å². The van der Waals surface area contributed by atoms with Gasteiger partial charge in [-0.3, -0.25) is 0 Å². The summed E-state index contributed by atoms with van der Waals surface area (Å²) >= 11 is 5.76. The van der Waals surface area contributed by atoms with Gasteiger partial charge in [-0.15, -0.1) is 0 Å². The van der Waals surface area contributed by atoms with Gasteiger partial charge in [-0.2, -0.15) is 0 Å². The first-order valence-corrected chi connectivity index (χ1v) is 6.57. The molecular formula is C16H17ClFN. The van der Waals surface area contributed by atoms with Crippen LogP contribution in [0.4, 0.5) is 4.39 Å². The van der Waals surface area contributed by atoms with E-state index < -0.39 is 5.54 Å². The Labute approximate surface area is 118 Å². The number of nitrogens with two attached hydrogens (primary N) is 1. The third-order valence-corrected chi connectivity index (χ3v) is 3.57. The van der Waals surface area contributed by atoms with Gasteiger partial charge < -0.3 is 5.73 Å². The van der Waals surface area contributed by atoms with Crippen molar-refractivity contribution in [2.24, 2.45) is 5.73 Å². The van der Waals surface area contributed by atoms with Crippen molar-refractivity contribution in [1.82, 2.24) is 0 Å². The quantitative estimate of drug-likeness (QED) is 0.894. The van der Waals surface area contributed by atoms with E-state index in [4.69, 9.17) is 17.3 Å². The fraction of sp³-hybridized carbons (Fsp3) is 0.250. The first kappa shape index (κ1) is 14.0. The van der Waals surface area contributed by atoms with E-state index in [9.17, 15) is 4.39 Å². The topological polar surface area (TPSA) is 26.0 Å². The van der Waals surface area contributed by atoms with Gasteiger partial charge >= 0.3 is 0 Å². The first-order chi connectivity index (χ1) is 8.90. The summed E-state index contributed by atoms with van der Waals surface area (Å²) in [6.07, 6.45) is 0.431. The maximum absolute atomic E-state index is 13.9. The fourth-order valence-corrected chi connectivity index (χ4v) is 2.53. The van der Waals surface area contributed by atoms with Crippen molar-refractivity contribution in [3.05, 3.63) is 70.0 Å². The molecule has 0 aromatic heterocycles. The number of benzene rings is 2. The average molecular weight is 278 g/mol. The molecule has 1 atom stereocenters. The van der Waals surface area contributed by atoms with Crippen LogP contribution in [0.25, 0.3) is 0 Å². The van der Waals surface area contributed by atoms with E-state index in [2.05, 4.69) is 0 Å². The van der Waals surface area contributed by atoms with Crippen molar-refractivity contribution in [3.63, 3.8) is 0 Å². The Morgan fingerprint density at radius 2 is 1.89 bits per heavy atom. The van der Waals surface area contributed by atoms with E-state index in [1.807, 2.05) is 38.1 Å². The van der Waals surface area contributed by atoms with Gasteiger partial charge in [-0.25, -0.2) is 4.39 Å². The van der Waals surface area contributed by atoms with Crippen LogP contribution in [0.1, 0.15) is 23.6 Å². The summed E-state index contributed by atoms with van der Waals surface area (Å²) in [6, 6.07) is 12.6. The molecule has 0 heterocycles. The van der Waals surface area contributed by atoms with E-state index in [1.54, 1.807) is 12.1 Å². The normalized spacial score (nSPS) is 14.2. The summed E-state index contributed by atoms with van der Waals surface area (Å²) < 4.78 is 13.9. The molecule has 0 fully saturated rings. The molecule has 2 aromatic carbocycles. The molecule has 2 aromatic rings. The lowest BCUT2D eigenvalue weighted by molar-refractivity contribution is 0.473. The van der Waals surface area contributed by atoms with Crippen molar-refractivity contribution in [1.29, 1.82) is 0 Å². The monoisotopic (exact) mass is 277 g/mol. The second-order valence-electron chi connectivity index (χ2n) is 5.14. The number of aryl methyl sites for hydroxylation is 1. The van der Waals surface area contributed by atoms with Gasteiger partial charge in [0.05, 0.1) is 0 Å². The summed E-state index contributed by atoms with van der Waals surface area (Å²) in [5, 5.41) is 0.399. The molecule has 19 heavy (non-hydrogen) atoms. The molecule has 2 rings (SSSR count). The Hall–Kier alpha value is -1.38. The maximum atomic E-state index is 13.9. The highest BCUT2D eigenvalue weighted by Crippen LogP contribution is 2.27. The molecule has 0 saturated carbocycles. The van der Waals surface area contributed by atoms with Crippen LogP contribution in [-0.4, -0.2) is 0 Å². The molecule has 0 saturated heterocycles. The zero-order chi connectivity index (χ0) is 14.0. The highest BCUT2D eigenvalue weighted by molar-refractivity contribution is 6.30. The molecule has 3 heteroatoms. The zero-order valence-corrected chi connectivity index (χ0v) is 11.8. The predicted molar refractivity (Wildman–Crippen MR) is 77.8 cm³/mol. The predicted octanol–water partition coefficient (Wildman–Crippen LogP) is 4.20. The Balaban J connectivity index is 2.33.